The van der Waals surface area contributed by atoms with E-state index in [2.05, 4.69) is 17.2 Å². The Bertz CT molecular complexity index is 641. The Morgan fingerprint density at radius 3 is 3.10 bits per heavy atom. The van der Waals surface area contributed by atoms with Gasteiger partial charge in [0.25, 0.3) is 0 Å². The average molecular weight is 306 g/mol. The number of aromatic nitrogens is 1. The largest absolute Gasteiger partial charge is 0.508 e. The van der Waals surface area contributed by atoms with Gasteiger partial charge in [0, 0.05) is 22.5 Å². The van der Waals surface area contributed by atoms with Gasteiger partial charge < -0.3 is 10.4 Å². The van der Waals surface area contributed by atoms with Gasteiger partial charge in [-0.25, -0.2) is 9.37 Å². The number of thiazole rings is 1. The minimum absolute atomic E-state index is 0.0555. The second-order valence-corrected chi connectivity index (χ2v) is 6.42. The van der Waals surface area contributed by atoms with Crippen LogP contribution in [0.2, 0.25) is 0 Å². The number of aryl methyl sites for hydroxylation is 1. The predicted octanol–water partition coefficient (Wildman–Crippen LogP) is 4.03. The van der Waals surface area contributed by atoms with E-state index in [1.165, 1.54) is 10.9 Å². The Labute approximate surface area is 127 Å². The van der Waals surface area contributed by atoms with E-state index >= 15 is 0 Å². The van der Waals surface area contributed by atoms with Gasteiger partial charge in [0.1, 0.15) is 16.6 Å². The molecule has 5 heteroatoms. The molecule has 1 aromatic carbocycles. The van der Waals surface area contributed by atoms with Crippen LogP contribution in [-0.4, -0.2) is 16.6 Å². The topological polar surface area (TPSA) is 45.2 Å². The van der Waals surface area contributed by atoms with Crippen LogP contribution < -0.4 is 5.32 Å². The van der Waals surface area contributed by atoms with Crippen LogP contribution in [0.1, 0.15) is 42.8 Å². The molecule has 1 heterocycles. The van der Waals surface area contributed by atoms with Crippen molar-refractivity contribution >= 4 is 11.3 Å². The molecule has 2 N–H and O–H groups in total. The van der Waals surface area contributed by atoms with E-state index in [4.69, 9.17) is 0 Å². The maximum Gasteiger partial charge on any atom is 0.137 e. The zero-order chi connectivity index (χ0) is 14.8. The lowest BCUT2D eigenvalue weighted by Crippen LogP contribution is -2.24. The monoisotopic (exact) mass is 306 g/mol. The van der Waals surface area contributed by atoms with Gasteiger partial charge in [-0.3, -0.25) is 0 Å². The highest BCUT2D eigenvalue weighted by Gasteiger charge is 2.25. The van der Waals surface area contributed by atoms with Crippen LogP contribution >= 0.6 is 11.3 Å². The number of phenolic OH excluding ortho intramolecular Hbond substituents is 1. The Morgan fingerprint density at radius 1 is 1.48 bits per heavy atom. The first-order valence-corrected chi connectivity index (χ1v) is 8.22. The average Bonchev–Trinajstić information content (AvgIpc) is 2.89. The van der Waals surface area contributed by atoms with Crippen molar-refractivity contribution in [1.82, 2.24) is 10.3 Å². The molecule has 0 amide bonds. The Hall–Kier alpha value is -1.46. The number of nitrogens with zero attached hydrogens (tertiary/aromatic N) is 1. The predicted molar refractivity (Wildman–Crippen MR) is 83.1 cm³/mol. The highest BCUT2D eigenvalue weighted by atomic mass is 32.1. The van der Waals surface area contributed by atoms with Gasteiger partial charge in [0.05, 0.1) is 5.69 Å². The van der Waals surface area contributed by atoms with E-state index in [0.29, 0.717) is 16.6 Å². The van der Waals surface area contributed by atoms with Crippen LogP contribution in [0.4, 0.5) is 4.39 Å². The summed E-state index contributed by atoms with van der Waals surface area (Å²) in [6.07, 6.45) is 4.31. The summed E-state index contributed by atoms with van der Waals surface area (Å²) in [4.78, 5) is 5.87. The maximum atomic E-state index is 14.0. The summed E-state index contributed by atoms with van der Waals surface area (Å²) in [6, 6.07) is 4.59. The number of nitrogens with one attached hydrogen (secondary N) is 1. The Morgan fingerprint density at radius 2 is 2.33 bits per heavy atom. The summed E-state index contributed by atoms with van der Waals surface area (Å²) in [6.45, 7) is 3.14. The molecule has 0 aliphatic heterocycles. The van der Waals surface area contributed by atoms with Gasteiger partial charge >= 0.3 is 0 Å². The molecule has 21 heavy (non-hydrogen) atoms. The van der Waals surface area contributed by atoms with E-state index in [1.54, 1.807) is 17.4 Å². The van der Waals surface area contributed by atoms with Crippen LogP contribution in [0, 0.1) is 5.82 Å². The van der Waals surface area contributed by atoms with Crippen LogP contribution in [-0.2, 0) is 6.42 Å². The standard InChI is InChI=1S/C16H19FN2OS/c1-2-8-18-13-4-3-5-14-15(13)21-16(19-14)11-7-6-10(20)9-12(11)17/h6-7,9,13,18,20H,2-5,8H2,1H3. The third-order valence-corrected chi connectivity index (χ3v) is 5.02. The van der Waals surface area contributed by atoms with Crippen molar-refractivity contribution in [2.24, 2.45) is 0 Å². The quantitative estimate of drug-likeness (QED) is 0.896. The zero-order valence-electron chi connectivity index (χ0n) is 12.0. The molecular weight excluding hydrogens is 287 g/mol. The fraction of sp³-hybridized carbons (Fsp3) is 0.438. The molecule has 0 fully saturated rings. The second kappa shape index (κ2) is 6.12. The highest BCUT2D eigenvalue weighted by molar-refractivity contribution is 7.15. The van der Waals surface area contributed by atoms with E-state index in [1.807, 2.05) is 0 Å². The lowest BCUT2D eigenvalue weighted by molar-refractivity contribution is 0.464. The van der Waals surface area contributed by atoms with Crippen LogP contribution in [0.15, 0.2) is 18.2 Å². The zero-order valence-corrected chi connectivity index (χ0v) is 12.8. The molecule has 0 spiro atoms. The number of rotatable bonds is 4. The second-order valence-electron chi connectivity index (χ2n) is 5.39. The summed E-state index contributed by atoms with van der Waals surface area (Å²) >= 11 is 1.57. The van der Waals surface area contributed by atoms with E-state index in [0.717, 1.165) is 44.0 Å². The van der Waals surface area contributed by atoms with Gasteiger partial charge in [-0.05, 0) is 44.4 Å². The SMILES string of the molecule is CCCNC1CCCc2nc(-c3ccc(O)cc3F)sc21. The van der Waals surface area contributed by atoms with Crippen LogP contribution in [0.3, 0.4) is 0 Å². The first kappa shape index (κ1) is 14.5. The van der Waals surface area contributed by atoms with Crippen LogP contribution in [0.25, 0.3) is 10.6 Å². The van der Waals surface area contributed by atoms with Crippen molar-refractivity contribution in [1.29, 1.82) is 0 Å². The first-order chi connectivity index (χ1) is 10.2. The molecule has 1 unspecified atom stereocenters. The molecule has 1 aliphatic rings. The van der Waals surface area contributed by atoms with Crippen molar-refractivity contribution in [2.75, 3.05) is 6.54 Å². The van der Waals surface area contributed by atoms with Crippen molar-refractivity contribution in [2.45, 2.75) is 38.6 Å². The smallest absolute Gasteiger partial charge is 0.137 e. The molecule has 2 aromatic rings. The highest BCUT2D eigenvalue weighted by Crippen LogP contribution is 2.39. The molecule has 1 aliphatic carbocycles. The number of hydrogen-bond acceptors (Lipinski definition) is 4. The summed E-state index contributed by atoms with van der Waals surface area (Å²) in [7, 11) is 0. The molecule has 3 rings (SSSR count). The van der Waals surface area contributed by atoms with E-state index in [9.17, 15) is 9.50 Å². The molecule has 1 atom stereocenters. The molecule has 1 aromatic heterocycles. The minimum Gasteiger partial charge on any atom is -0.508 e. The van der Waals surface area contributed by atoms with Crippen molar-refractivity contribution in [3.05, 3.63) is 34.6 Å². The molecule has 112 valence electrons. The fourth-order valence-electron chi connectivity index (χ4n) is 2.73. The van der Waals surface area contributed by atoms with Crippen molar-refractivity contribution < 1.29 is 9.50 Å². The fourth-order valence-corrected chi connectivity index (χ4v) is 3.97. The first-order valence-electron chi connectivity index (χ1n) is 7.41. The number of aromatic hydroxyl groups is 1. The third kappa shape index (κ3) is 2.94. The van der Waals surface area contributed by atoms with E-state index < -0.39 is 5.82 Å². The van der Waals surface area contributed by atoms with Crippen molar-refractivity contribution in [3.8, 4) is 16.3 Å². The Kier molecular flexibility index (Phi) is 4.22. The molecule has 0 radical (unpaired) electrons. The molecule has 3 nitrogen and oxygen atoms in total. The summed E-state index contributed by atoms with van der Waals surface area (Å²) in [5.41, 5.74) is 1.57. The Balaban J connectivity index is 1.94. The lowest BCUT2D eigenvalue weighted by Gasteiger charge is -2.22. The molecular formula is C16H19FN2OS. The van der Waals surface area contributed by atoms with Crippen LogP contribution in [0.5, 0.6) is 5.75 Å². The lowest BCUT2D eigenvalue weighted by atomic mass is 9.98. The number of halogens is 1. The van der Waals surface area contributed by atoms with Gasteiger partial charge in [0.2, 0.25) is 0 Å². The van der Waals surface area contributed by atoms with Gasteiger partial charge in [-0.2, -0.15) is 0 Å². The molecule has 0 saturated carbocycles. The number of hydrogen-bond donors (Lipinski definition) is 2. The van der Waals surface area contributed by atoms with Gasteiger partial charge in [0.15, 0.2) is 0 Å². The molecule has 0 bridgehead atoms. The number of phenols is 1. The summed E-state index contributed by atoms with van der Waals surface area (Å²) in [5, 5.41) is 13.6. The van der Waals surface area contributed by atoms with Gasteiger partial charge in [-0.1, -0.05) is 6.92 Å². The van der Waals surface area contributed by atoms with Gasteiger partial charge in [-0.15, -0.1) is 11.3 Å². The minimum atomic E-state index is -0.417. The normalized spacial score (nSPS) is 17.7. The van der Waals surface area contributed by atoms with Crippen molar-refractivity contribution in [3.63, 3.8) is 0 Å². The number of benzene rings is 1. The maximum absolute atomic E-state index is 14.0. The number of fused-ring (bicyclic) bond motifs is 1. The molecule has 0 saturated heterocycles. The van der Waals surface area contributed by atoms with E-state index in [-0.39, 0.29) is 5.75 Å². The summed E-state index contributed by atoms with van der Waals surface area (Å²) in [5.74, 6) is -0.473. The third-order valence-electron chi connectivity index (χ3n) is 3.77. The summed E-state index contributed by atoms with van der Waals surface area (Å²) < 4.78 is 14.0.